The van der Waals surface area contributed by atoms with Gasteiger partial charge in [-0.3, -0.25) is 24.5 Å². The number of benzene rings is 1. The van der Waals surface area contributed by atoms with E-state index in [1.165, 1.54) is 15.5 Å². The second-order valence-electron chi connectivity index (χ2n) is 8.06. The Morgan fingerprint density at radius 1 is 1.24 bits per heavy atom. The summed E-state index contributed by atoms with van der Waals surface area (Å²) in [5.41, 5.74) is 5.50. The van der Waals surface area contributed by atoms with Crippen LogP contribution in [0.1, 0.15) is 57.3 Å². The molecule has 0 bridgehead atoms. The molecule has 0 unspecified atom stereocenters. The lowest BCUT2D eigenvalue weighted by molar-refractivity contribution is 0.0985. The summed E-state index contributed by atoms with van der Waals surface area (Å²) in [4.78, 5) is 54.0. The zero-order valence-electron chi connectivity index (χ0n) is 19.6. The number of rotatable bonds is 10. The standard InChI is InChI=1S/C23H33N5O5/c1-5-7-12-28-19(24)18(20(29)26-22(28)31)27(13-11-15(3)4)21(30)16-9-8-10-17(14-16)25-23(32)33-6-2/h8-10,14-15H,5-7,11-13,24H2,1-4H3,(H,25,32)(H,26,29,31). The van der Waals surface area contributed by atoms with Crippen molar-refractivity contribution in [3.05, 3.63) is 50.7 Å². The number of anilines is 3. The molecule has 2 rings (SSSR count). The molecule has 1 aromatic heterocycles. The van der Waals surface area contributed by atoms with Crippen molar-refractivity contribution < 1.29 is 14.3 Å². The smallest absolute Gasteiger partial charge is 0.411 e. The lowest BCUT2D eigenvalue weighted by Gasteiger charge is -2.25. The third-order valence-electron chi connectivity index (χ3n) is 5.03. The topological polar surface area (TPSA) is 140 Å². The Morgan fingerprint density at radius 3 is 2.61 bits per heavy atom. The van der Waals surface area contributed by atoms with Crippen molar-refractivity contribution in [2.75, 3.05) is 29.1 Å². The molecule has 4 N–H and O–H groups in total. The highest BCUT2D eigenvalue weighted by Gasteiger charge is 2.25. The fourth-order valence-corrected chi connectivity index (χ4v) is 3.25. The highest BCUT2D eigenvalue weighted by molar-refractivity contribution is 6.08. The second-order valence-corrected chi connectivity index (χ2v) is 8.06. The number of H-pyrrole nitrogens is 1. The normalized spacial score (nSPS) is 10.8. The van der Waals surface area contributed by atoms with Crippen LogP contribution in [0.25, 0.3) is 0 Å². The van der Waals surface area contributed by atoms with E-state index in [4.69, 9.17) is 10.5 Å². The van der Waals surface area contributed by atoms with Gasteiger partial charge in [0.2, 0.25) is 0 Å². The maximum Gasteiger partial charge on any atom is 0.411 e. The monoisotopic (exact) mass is 459 g/mol. The molecule has 180 valence electrons. The predicted octanol–water partition coefficient (Wildman–Crippen LogP) is 3.18. The number of nitrogens with two attached hydrogens (primary N) is 1. The maximum atomic E-state index is 13.5. The van der Waals surface area contributed by atoms with Gasteiger partial charge in [-0.1, -0.05) is 33.3 Å². The highest BCUT2D eigenvalue weighted by Crippen LogP contribution is 2.22. The quantitative estimate of drug-likeness (QED) is 0.499. The van der Waals surface area contributed by atoms with Crippen LogP contribution in [0, 0.1) is 5.92 Å². The van der Waals surface area contributed by atoms with Gasteiger partial charge < -0.3 is 15.4 Å². The minimum Gasteiger partial charge on any atom is -0.450 e. The van der Waals surface area contributed by atoms with Crippen molar-refractivity contribution in [2.45, 2.75) is 53.5 Å². The molecule has 0 saturated heterocycles. The average molecular weight is 460 g/mol. The Morgan fingerprint density at radius 2 is 1.97 bits per heavy atom. The Labute approximate surface area is 192 Å². The first-order valence-electron chi connectivity index (χ1n) is 11.2. The number of hydrogen-bond donors (Lipinski definition) is 3. The summed E-state index contributed by atoms with van der Waals surface area (Å²) in [5.74, 6) is -0.264. The molecule has 0 spiro atoms. The summed E-state index contributed by atoms with van der Waals surface area (Å²) in [6.07, 6.45) is 1.50. The van der Waals surface area contributed by atoms with Crippen LogP contribution >= 0.6 is 0 Å². The third kappa shape index (κ3) is 6.71. The molecule has 0 aliphatic carbocycles. The molecule has 0 aliphatic heterocycles. The van der Waals surface area contributed by atoms with E-state index in [0.29, 0.717) is 25.1 Å². The number of nitrogens with zero attached hydrogens (tertiary/aromatic N) is 2. The van der Waals surface area contributed by atoms with Crippen molar-refractivity contribution in [2.24, 2.45) is 5.92 Å². The first-order valence-corrected chi connectivity index (χ1v) is 11.2. The summed E-state index contributed by atoms with van der Waals surface area (Å²) in [6.45, 7) is 8.44. The summed E-state index contributed by atoms with van der Waals surface area (Å²) < 4.78 is 6.16. The van der Waals surface area contributed by atoms with Gasteiger partial charge in [-0.25, -0.2) is 9.59 Å². The number of aromatic amines is 1. The van der Waals surface area contributed by atoms with Crippen molar-refractivity contribution >= 4 is 29.2 Å². The summed E-state index contributed by atoms with van der Waals surface area (Å²) in [6, 6.07) is 6.32. The van der Waals surface area contributed by atoms with Crippen molar-refractivity contribution in [1.29, 1.82) is 0 Å². The molecule has 0 radical (unpaired) electrons. The molecule has 2 amide bonds. The van der Waals surface area contributed by atoms with E-state index in [1.807, 2.05) is 20.8 Å². The second kappa shape index (κ2) is 11.9. The van der Waals surface area contributed by atoms with Crippen LogP contribution in [-0.4, -0.2) is 34.7 Å². The number of unbranched alkanes of at least 4 members (excludes halogenated alkanes) is 1. The molecule has 10 heteroatoms. The molecule has 1 heterocycles. The number of aromatic nitrogens is 2. The molecule has 2 aromatic rings. The van der Waals surface area contributed by atoms with Crippen LogP contribution in [0.2, 0.25) is 0 Å². The van der Waals surface area contributed by atoms with E-state index in [-0.39, 0.29) is 36.1 Å². The number of amides is 2. The number of hydrogen-bond acceptors (Lipinski definition) is 6. The van der Waals surface area contributed by atoms with Crippen LogP contribution in [0.3, 0.4) is 0 Å². The molecule has 10 nitrogen and oxygen atoms in total. The number of ether oxygens (including phenoxy) is 1. The molecule has 33 heavy (non-hydrogen) atoms. The Hall–Kier alpha value is -3.56. The van der Waals surface area contributed by atoms with Crippen molar-refractivity contribution in [3.63, 3.8) is 0 Å². The Bertz CT molecular complexity index is 1090. The number of nitrogens with one attached hydrogen (secondary N) is 2. The SMILES string of the molecule is CCCCn1c(N)c(N(CCC(C)C)C(=O)c2cccc(NC(=O)OCC)c2)c(=O)[nH]c1=O. The molecular weight excluding hydrogens is 426 g/mol. The van der Waals surface area contributed by atoms with Gasteiger partial charge in [0.05, 0.1) is 6.61 Å². The number of carbonyl (C=O) groups excluding carboxylic acids is 2. The first kappa shape index (κ1) is 25.7. The van der Waals surface area contributed by atoms with Gasteiger partial charge in [-0.2, -0.15) is 0 Å². The average Bonchev–Trinajstić information content (AvgIpc) is 2.75. The van der Waals surface area contributed by atoms with E-state index >= 15 is 0 Å². The van der Waals surface area contributed by atoms with E-state index in [9.17, 15) is 19.2 Å². The fraction of sp³-hybridized carbons (Fsp3) is 0.478. The largest absolute Gasteiger partial charge is 0.450 e. The molecule has 0 fully saturated rings. The zero-order valence-corrected chi connectivity index (χ0v) is 19.6. The van der Waals surface area contributed by atoms with E-state index < -0.39 is 23.2 Å². The van der Waals surface area contributed by atoms with E-state index in [1.54, 1.807) is 25.1 Å². The van der Waals surface area contributed by atoms with Gasteiger partial charge in [0.25, 0.3) is 11.5 Å². The van der Waals surface area contributed by atoms with Gasteiger partial charge in [0, 0.05) is 24.3 Å². The molecule has 0 atom stereocenters. The van der Waals surface area contributed by atoms with E-state index in [0.717, 1.165) is 6.42 Å². The van der Waals surface area contributed by atoms with Crippen molar-refractivity contribution in [3.8, 4) is 0 Å². The van der Waals surface area contributed by atoms with Gasteiger partial charge in [0.1, 0.15) is 5.82 Å². The molecule has 0 saturated carbocycles. The minimum atomic E-state index is -0.719. The first-order chi connectivity index (χ1) is 15.7. The van der Waals surface area contributed by atoms with Crippen LogP contribution in [0.5, 0.6) is 0 Å². The zero-order chi connectivity index (χ0) is 24.5. The lowest BCUT2D eigenvalue weighted by atomic mass is 10.1. The molecule has 1 aromatic carbocycles. The van der Waals surface area contributed by atoms with Gasteiger partial charge in [-0.15, -0.1) is 0 Å². The Balaban J connectivity index is 2.52. The lowest BCUT2D eigenvalue weighted by Crippen LogP contribution is -2.42. The third-order valence-corrected chi connectivity index (χ3v) is 5.03. The van der Waals surface area contributed by atoms with Gasteiger partial charge in [0.15, 0.2) is 5.69 Å². The van der Waals surface area contributed by atoms with Gasteiger partial charge >= 0.3 is 11.8 Å². The number of carbonyl (C=O) groups is 2. The van der Waals surface area contributed by atoms with Crippen LogP contribution < -0.4 is 27.2 Å². The molecule has 0 aliphatic rings. The van der Waals surface area contributed by atoms with Crippen LogP contribution in [0.4, 0.5) is 22.0 Å². The summed E-state index contributed by atoms with van der Waals surface area (Å²) in [7, 11) is 0. The van der Waals surface area contributed by atoms with Gasteiger partial charge in [-0.05, 0) is 43.9 Å². The molecular formula is C23H33N5O5. The summed E-state index contributed by atoms with van der Waals surface area (Å²) >= 11 is 0. The fourth-order valence-electron chi connectivity index (χ4n) is 3.25. The van der Waals surface area contributed by atoms with E-state index in [2.05, 4.69) is 10.3 Å². The maximum absolute atomic E-state index is 13.5. The minimum absolute atomic E-state index is 0.0462. The van der Waals surface area contributed by atoms with Crippen LogP contribution in [-0.2, 0) is 11.3 Å². The van der Waals surface area contributed by atoms with Crippen LogP contribution in [0.15, 0.2) is 33.9 Å². The highest BCUT2D eigenvalue weighted by atomic mass is 16.5. The number of nitrogen functional groups attached to an aromatic ring is 1. The summed E-state index contributed by atoms with van der Waals surface area (Å²) in [5, 5.41) is 2.56. The predicted molar refractivity (Wildman–Crippen MR) is 129 cm³/mol. The van der Waals surface area contributed by atoms with Crippen molar-refractivity contribution in [1.82, 2.24) is 9.55 Å². The Kier molecular flexibility index (Phi) is 9.26.